The molecule has 174 valence electrons. The molecule has 31 heavy (non-hydrogen) atoms. The predicted octanol–water partition coefficient (Wildman–Crippen LogP) is -5.03. The normalized spacial score (nSPS) is 27.9. The van der Waals surface area contributed by atoms with Crippen molar-refractivity contribution in [3.05, 3.63) is 16.7 Å². The molecule has 1 aliphatic rings. The van der Waals surface area contributed by atoms with Crippen LogP contribution in [0.5, 0.6) is 0 Å². The van der Waals surface area contributed by atoms with Crippen molar-refractivity contribution in [3.8, 4) is 0 Å². The second-order valence-electron chi connectivity index (χ2n) is 6.34. The van der Waals surface area contributed by atoms with Crippen molar-refractivity contribution >= 4 is 32.8 Å². The summed E-state index contributed by atoms with van der Waals surface area (Å²) in [5.74, 6) is -0.216. The molecule has 6 atom stereocenters. The van der Waals surface area contributed by atoms with E-state index in [4.69, 9.17) is 10.5 Å². The molecule has 2 aromatic heterocycles. The Morgan fingerprint density at radius 3 is 2.65 bits per heavy atom. The molecule has 1 fully saturated rings. The minimum absolute atomic E-state index is 0.00475. The third-order valence-corrected chi connectivity index (χ3v) is 6.68. The summed E-state index contributed by atoms with van der Waals surface area (Å²) in [7, 11) is -10.6. The number of rotatable bonds is 9. The number of aromatic nitrogens is 4. The van der Waals surface area contributed by atoms with Gasteiger partial charge in [0, 0.05) is 0 Å². The number of fused-ring (bicyclic) bond motifs is 1. The summed E-state index contributed by atoms with van der Waals surface area (Å²) in [5, 5.41) is 20.5. The fourth-order valence-corrected chi connectivity index (χ4v) is 4.83. The van der Waals surface area contributed by atoms with Gasteiger partial charge in [0.1, 0.15) is 24.9 Å². The largest absolute Gasteiger partial charge is 0.756 e. The van der Waals surface area contributed by atoms with E-state index in [1.54, 1.807) is 0 Å². The smallest absolute Gasteiger partial charge is 0.313 e. The first-order valence-corrected chi connectivity index (χ1v) is 11.6. The number of nitrogens with two attached hydrogens (primary N) is 1. The van der Waals surface area contributed by atoms with Gasteiger partial charge in [-0.25, -0.2) is 8.88 Å². The maximum Gasteiger partial charge on any atom is 0.313 e. The van der Waals surface area contributed by atoms with Gasteiger partial charge in [0.05, 0.1) is 13.2 Å². The lowest BCUT2D eigenvalue weighted by molar-refractivity contribution is -0.745. The molecule has 1 saturated heterocycles. The summed E-state index contributed by atoms with van der Waals surface area (Å²) in [6.45, 7) is -1.26. The van der Waals surface area contributed by atoms with Crippen LogP contribution < -0.4 is 31.4 Å². The number of nitrogens with one attached hydrogen (secondary N) is 2. The van der Waals surface area contributed by atoms with Crippen molar-refractivity contribution < 1.29 is 57.5 Å². The van der Waals surface area contributed by atoms with Gasteiger partial charge in [-0.05, 0) is 0 Å². The van der Waals surface area contributed by atoms with Crippen molar-refractivity contribution in [2.45, 2.75) is 24.5 Å². The number of aromatic amines is 2. The third kappa shape index (κ3) is 5.36. The second kappa shape index (κ2) is 9.01. The highest BCUT2D eigenvalue weighted by Crippen LogP contribution is 2.55. The topological polar surface area (TPSA) is 277 Å². The van der Waals surface area contributed by atoms with Crippen LogP contribution in [-0.4, -0.2) is 63.2 Å². The quantitative estimate of drug-likeness (QED) is 0.143. The fraction of sp³-hybridized carbons (Fsp3) is 0.583. The summed E-state index contributed by atoms with van der Waals surface area (Å²) in [5.41, 5.74) is 8.23. The lowest BCUT2D eigenvalue weighted by Crippen LogP contribution is -2.52. The van der Waals surface area contributed by atoms with Crippen LogP contribution in [0.3, 0.4) is 0 Å². The van der Waals surface area contributed by atoms with Crippen LogP contribution in [0.2, 0.25) is 0 Å². The van der Waals surface area contributed by atoms with E-state index in [2.05, 4.69) is 34.0 Å². The molecule has 0 spiro atoms. The van der Waals surface area contributed by atoms with Crippen LogP contribution in [0.15, 0.2) is 11.1 Å². The predicted molar refractivity (Wildman–Crippen MR) is 93.2 cm³/mol. The number of aliphatic hydroxyl groups excluding tert-OH is 2. The average Bonchev–Trinajstić information content (AvgIpc) is 3.20. The Bertz CT molecular complexity index is 1090. The van der Waals surface area contributed by atoms with E-state index in [1.165, 1.54) is 10.9 Å². The fourth-order valence-electron chi connectivity index (χ4n) is 2.79. The molecule has 0 amide bonds. The Morgan fingerprint density at radius 1 is 1.29 bits per heavy atom. The van der Waals surface area contributed by atoms with Crippen LogP contribution in [0.25, 0.3) is 11.2 Å². The lowest BCUT2D eigenvalue weighted by atomic mass is 10.1. The van der Waals surface area contributed by atoms with Crippen LogP contribution in [0.1, 0.15) is 6.23 Å². The third-order valence-electron chi connectivity index (χ3n) is 4.11. The van der Waals surface area contributed by atoms with E-state index >= 15 is 0 Å². The molecule has 9 N–H and O–H groups in total. The first-order chi connectivity index (χ1) is 14.4. The Hall–Kier alpha value is -1.75. The van der Waals surface area contributed by atoms with Crippen LogP contribution in [-0.2, 0) is 27.2 Å². The molecular formula is C12H20N6O11P2. The van der Waals surface area contributed by atoms with Crippen LogP contribution in [0, 0.1) is 0 Å². The molecule has 3 heterocycles. The van der Waals surface area contributed by atoms with Crippen molar-refractivity contribution in [2.24, 2.45) is 0 Å². The second-order valence-corrected chi connectivity index (χ2v) is 9.29. The van der Waals surface area contributed by atoms with Crippen molar-refractivity contribution in [3.63, 3.8) is 0 Å². The van der Waals surface area contributed by atoms with Gasteiger partial charge in [-0.1, -0.05) is 4.98 Å². The van der Waals surface area contributed by atoms with Crippen LogP contribution in [0.4, 0.5) is 5.95 Å². The summed E-state index contributed by atoms with van der Waals surface area (Å²) in [6, 6.07) is 0. The molecule has 0 saturated carbocycles. The van der Waals surface area contributed by atoms with E-state index in [9.17, 15) is 33.9 Å². The van der Waals surface area contributed by atoms with Crippen molar-refractivity contribution in [1.82, 2.24) is 15.0 Å². The van der Waals surface area contributed by atoms with Gasteiger partial charge in [0.2, 0.25) is 11.7 Å². The number of phosphoric acid groups is 2. The maximum absolute atomic E-state index is 11.9. The Morgan fingerprint density at radius 2 is 1.97 bits per heavy atom. The number of phosphoric ester groups is 2. The van der Waals surface area contributed by atoms with Gasteiger partial charge in [0.15, 0.2) is 6.33 Å². The molecule has 2 aromatic rings. The zero-order chi connectivity index (χ0) is 23.0. The standard InChI is InChI=1S/C12H20N6O11P2/c13-1-2-26-30(22,23)29-31(24,25)27-3-5-7(19)8(20)11(28-5)18-4-15-6-9(18)16-12(14)17-10(6)21/h4-5,7-8,11,19-20H,1-3,13H2,(H5,14,16,17,21,22,23,24,25)/t5-,7-,8-,11-/m1/s1. The van der Waals surface area contributed by atoms with Gasteiger partial charge < -0.3 is 45.3 Å². The molecule has 1 aliphatic heterocycles. The van der Waals surface area contributed by atoms with Gasteiger partial charge in [-0.15, -0.1) is 0 Å². The summed E-state index contributed by atoms with van der Waals surface area (Å²) in [4.78, 5) is 43.9. The summed E-state index contributed by atoms with van der Waals surface area (Å²) < 4.78 is 42.4. The van der Waals surface area contributed by atoms with Gasteiger partial charge in [-0.2, -0.15) is 0 Å². The highest BCUT2D eigenvalue weighted by Gasteiger charge is 2.47. The number of H-pyrrole nitrogens is 2. The van der Waals surface area contributed by atoms with E-state index in [0.29, 0.717) is 0 Å². The molecule has 3 rings (SSSR count). The maximum atomic E-state index is 11.9. The number of imidazole rings is 1. The zero-order valence-corrected chi connectivity index (χ0v) is 17.4. The van der Waals surface area contributed by atoms with Crippen molar-refractivity contribution in [1.29, 1.82) is 0 Å². The number of nitrogens with zero attached hydrogens (tertiary/aromatic N) is 2. The Labute approximate surface area is 172 Å². The highest BCUT2D eigenvalue weighted by atomic mass is 31.3. The molecule has 2 unspecified atom stereocenters. The lowest BCUT2D eigenvalue weighted by Gasteiger charge is -2.30. The number of anilines is 1. The number of hydrogen-bond donors (Lipinski definition) is 6. The van der Waals surface area contributed by atoms with E-state index in [-0.39, 0.29) is 23.7 Å². The van der Waals surface area contributed by atoms with E-state index in [0.717, 1.165) is 0 Å². The highest BCUT2D eigenvalue weighted by molar-refractivity contribution is 7.59. The number of quaternary nitrogens is 1. The first-order valence-electron chi connectivity index (χ1n) is 8.65. The molecule has 0 aromatic carbocycles. The monoisotopic (exact) mass is 486 g/mol. The minimum atomic E-state index is -5.42. The SMILES string of the molecule is Nc1nc2c([nH]c[n+]2[C@@H]2O[C@H](COP(=O)([O-])OP(=O)([O-])OCC[NH3+])[C@@H](O)[C@H]2O)c(=O)[nH]1. The van der Waals surface area contributed by atoms with Gasteiger partial charge in [-0.3, -0.25) is 23.9 Å². The van der Waals surface area contributed by atoms with E-state index < -0.39 is 59.0 Å². The van der Waals surface area contributed by atoms with Gasteiger partial charge >= 0.3 is 5.65 Å². The molecule has 0 bridgehead atoms. The van der Waals surface area contributed by atoms with Gasteiger partial charge in [0.25, 0.3) is 27.2 Å². The summed E-state index contributed by atoms with van der Waals surface area (Å²) >= 11 is 0. The zero-order valence-electron chi connectivity index (χ0n) is 15.7. The number of aliphatic hydroxyl groups is 2. The van der Waals surface area contributed by atoms with Crippen LogP contribution >= 0.6 is 15.6 Å². The Balaban J connectivity index is 1.71. The molecule has 0 aliphatic carbocycles. The number of ether oxygens (including phenoxy) is 1. The average molecular weight is 486 g/mol. The first kappa shape index (κ1) is 23.9. The number of hydrogen-bond acceptors (Lipinski definition) is 13. The molecule has 19 heteroatoms. The van der Waals surface area contributed by atoms with E-state index in [1.807, 2.05) is 0 Å². The molecule has 0 radical (unpaired) electrons. The number of nitrogen functional groups attached to an aromatic ring is 1. The Kier molecular flexibility index (Phi) is 6.95. The summed E-state index contributed by atoms with van der Waals surface area (Å²) in [6.07, 6.45) is -4.76. The van der Waals surface area contributed by atoms with Crippen molar-refractivity contribution in [2.75, 3.05) is 25.5 Å². The molecular weight excluding hydrogens is 466 g/mol. The molecule has 17 nitrogen and oxygen atoms in total. The minimum Gasteiger partial charge on any atom is -0.756 e.